The van der Waals surface area contributed by atoms with Gasteiger partial charge in [0.15, 0.2) is 0 Å². The van der Waals surface area contributed by atoms with Gasteiger partial charge in [-0.15, -0.1) is 0 Å². The Hall–Kier alpha value is -0.200. The molecule has 0 saturated carbocycles. The smallest absolute Gasteiger partial charge is 0.0791 e. The third-order valence-electron chi connectivity index (χ3n) is 3.91. The number of aliphatic hydroxyl groups excluding tert-OH is 1. The van der Waals surface area contributed by atoms with Crippen molar-refractivity contribution in [2.45, 2.75) is 32.4 Å². The predicted molar refractivity (Wildman–Crippen MR) is 78.5 cm³/mol. The lowest BCUT2D eigenvalue weighted by Gasteiger charge is -2.26. The Labute approximate surface area is 117 Å². The highest BCUT2D eigenvalue weighted by Gasteiger charge is 2.26. The zero-order valence-corrected chi connectivity index (χ0v) is 12.8. The number of aliphatic hydroxyl groups is 1. The number of β-amino-alcohol motifs (C(OH)–C–C–N with tert-alkyl or cyclic N) is 1. The van der Waals surface area contributed by atoms with Crippen LogP contribution in [0.25, 0.3) is 0 Å². The van der Waals surface area contributed by atoms with Crippen molar-refractivity contribution in [1.82, 2.24) is 15.1 Å². The van der Waals surface area contributed by atoms with Crippen LogP contribution in [0.3, 0.4) is 0 Å². The highest BCUT2D eigenvalue weighted by Crippen LogP contribution is 2.15. The molecule has 1 heterocycles. The molecule has 1 aliphatic heterocycles. The topological polar surface area (TPSA) is 48.0 Å². The zero-order chi connectivity index (χ0) is 14.1. The Bertz CT molecular complexity index is 225. The average molecular weight is 273 g/mol. The van der Waals surface area contributed by atoms with Crippen LogP contribution in [0, 0.1) is 0 Å². The van der Waals surface area contributed by atoms with Crippen molar-refractivity contribution in [3.05, 3.63) is 0 Å². The maximum absolute atomic E-state index is 9.99. The Morgan fingerprint density at radius 3 is 2.79 bits per heavy atom. The molecule has 0 aromatic rings. The Morgan fingerprint density at radius 2 is 2.16 bits per heavy atom. The molecule has 0 aliphatic carbocycles. The lowest BCUT2D eigenvalue weighted by molar-refractivity contribution is 0.114. The Kier molecular flexibility index (Phi) is 8.57. The summed E-state index contributed by atoms with van der Waals surface area (Å²) in [5.74, 6) is 0. The van der Waals surface area contributed by atoms with Gasteiger partial charge in [0.05, 0.1) is 12.7 Å². The van der Waals surface area contributed by atoms with E-state index in [4.69, 9.17) is 4.74 Å². The van der Waals surface area contributed by atoms with E-state index in [1.807, 2.05) is 0 Å². The van der Waals surface area contributed by atoms with E-state index < -0.39 is 0 Å². The zero-order valence-electron chi connectivity index (χ0n) is 12.8. The maximum Gasteiger partial charge on any atom is 0.0791 e. The molecule has 0 amide bonds. The highest BCUT2D eigenvalue weighted by molar-refractivity contribution is 4.84. The van der Waals surface area contributed by atoms with Gasteiger partial charge in [0, 0.05) is 39.3 Å². The summed E-state index contributed by atoms with van der Waals surface area (Å²) in [4.78, 5) is 4.90. The van der Waals surface area contributed by atoms with Crippen molar-refractivity contribution in [1.29, 1.82) is 0 Å². The van der Waals surface area contributed by atoms with Gasteiger partial charge in [-0.05, 0) is 26.1 Å². The lowest BCUT2D eigenvalue weighted by atomic mass is 10.2. The normalized spacial score (nSPS) is 22.3. The van der Waals surface area contributed by atoms with Gasteiger partial charge in [-0.1, -0.05) is 13.8 Å². The van der Waals surface area contributed by atoms with Crippen molar-refractivity contribution < 1.29 is 9.84 Å². The molecular formula is C14H31N3O2. The van der Waals surface area contributed by atoms with Gasteiger partial charge in [-0.25, -0.2) is 0 Å². The molecule has 5 nitrogen and oxygen atoms in total. The number of likely N-dealkylation sites (tertiary alicyclic amines) is 1. The molecule has 0 aromatic carbocycles. The minimum atomic E-state index is -0.285. The van der Waals surface area contributed by atoms with Crippen LogP contribution >= 0.6 is 0 Å². The molecule has 1 rings (SSSR count). The first-order valence-corrected chi connectivity index (χ1v) is 7.55. The van der Waals surface area contributed by atoms with Crippen LogP contribution < -0.4 is 5.32 Å². The fourth-order valence-electron chi connectivity index (χ4n) is 2.82. The highest BCUT2D eigenvalue weighted by atomic mass is 16.5. The number of nitrogens with zero attached hydrogens (tertiary/aromatic N) is 2. The van der Waals surface area contributed by atoms with E-state index in [0.717, 1.165) is 39.3 Å². The summed E-state index contributed by atoms with van der Waals surface area (Å²) in [5.41, 5.74) is 0. The van der Waals surface area contributed by atoms with Crippen LogP contribution in [0.4, 0.5) is 0 Å². The minimum absolute atomic E-state index is 0.285. The number of likely N-dealkylation sites (N-methyl/N-ethyl adjacent to an activating group) is 1. The van der Waals surface area contributed by atoms with Gasteiger partial charge in [-0.3, -0.25) is 9.80 Å². The molecular weight excluding hydrogens is 242 g/mol. The molecule has 19 heavy (non-hydrogen) atoms. The number of ether oxygens (including phenoxy) is 1. The molecule has 2 unspecified atom stereocenters. The Morgan fingerprint density at radius 1 is 1.42 bits per heavy atom. The van der Waals surface area contributed by atoms with Crippen LogP contribution in [0.15, 0.2) is 0 Å². The number of rotatable bonds is 10. The fourth-order valence-corrected chi connectivity index (χ4v) is 2.82. The first-order chi connectivity index (χ1) is 9.21. The maximum atomic E-state index is 9.99. The lowest BCUT2D eigenvalue weighted by Crippen LogP contribution is -2.41. The third-order valence-corrected chi connectivity index (χ3v) is 3.91. The first kappa shape index (κ1) is 16.9. The molecule has 1 aliphatic rings. The summed E-state index contributed by atoms with van der Waals surface area (Å²) in [6, 6.07) is 0.670. The molecule has 0 aromatic heterocycles. The molecule has 0 radical (unpaired) electrons. The number of hydrogen-bond acceptors (Lipinski definition) is 5. The molecule has 1 fully saturated rings. The van der Waals surface area contributed by atoms with Crippen LogP contribution in [0.5, 0.6) is 0 Å². The second kappa shape index (κ2) is 9.66. The third kappa shape index (κ3) is 6.19. The molecule has 0 bridgehead atoms. The van der Waals surface area contributed by atoms with E-state index in [-0.39, 0.29) is 6.10 Å². The van der Waals surface area contributed by atoms with Crippen LogP contribution in [-0.4, -0.2) is 86.6 Å². The first-order valence-electron chi connectivity index (χ1n) is 7.55. The van der Waals surface area contributed by atoms with Gasteiger partial charge in [0.25, 0.3) is 0 Å². The summed E-state index contributed by atoms with van der Waals surface area (Å²) in [6.45, 7) is 11.8. The SMILES string of the molecule is CCN(CC)C1CCN(CC(O)CNCCOC)C1. The van der Waals surface area contributed by atoms with Crippen molar-refractivity contribution in [3.63, 3.8) is 0 Å². The molecule has 0 spiro atoms. The quantitative estimate of drug-likeness (QED) is 0.549. The summed E-state index contributed by atoms with van der Waals surface area (Å²) >= 11 is 0. The summed E-state index contributed by atoms with van der Waals surface area (Å²) in [7, 11) is 1.69. The number of methoxy groups -OCH3 is 1. The van der Waals surface area contributed by atoms with E-state index in [1.165, 1.54) is 6.42 Å². The average Bonchev–Trinajstić information content (AvgIpc) is 2.84. The van der Waals surface area contributed by atoms with E-state index in [2.05, 4.69) is 29.0 Å². The summed E-state index contributed by atoms with van der Waals surface area (Å²) in [5, 5.41) is 13.2. The van der Waals surface area contributed by atoms with E-state index in [0.29, 0.717) is 19.2 Å². The van der Waals surface area contributed by atoms with Crippen LogP contribution in [-0.2, 0) is 4.74 Å². The predicted octanol–water partition coefficient (Wildman–Crippen LogP) is -0.000600. The van der Waals surface area contributed by atoms with Crippen molar-refractivity contribution in [2.24, 2.45) is 0 Å². The molecule has 2 N–H and O–H groups in total. The van der Waals surface area contributed by atoms with Crippen LogP contribution in [0.1, 0.15) is 20.3 Å². The van der Waals surface area contributed by atoms with Crippen LogP contribution in [0.2, 0.25) is 0 Å². The number of hydrogen-bond donors (Lipinski definition) is 2. The van der Waals surface area contributed by atoms with E-state index >= 15 is 0 Å². The largest absolute Gasteiger partial charge is 0.390 e. The standard InChI is InChI=1S/C14H31N3O2/c1-4-17(5-2)13-6-8-16(11-13)12-14(18)10-15-7-9-19-3/h13-15,18H,4-12H2,1-3H3. The Balaban J connectivity index is 2.16. The minimum Gasteiger partial charge on any atom is -0.390 e. The second-order valence-corrected chi connectivity index (χ2v) is 5.27. The van der Waals surface area contributed by atoms with Gasteiger partial charge < -0.3 is 15.2 Å². The van der Waals surface area contributed by atoms with Gasteiger partial charge >= 0.3 is 0 Å². The molecule has 114 valence electrons. The van der Waals surface area contributed by atoms with Gasteiger partial charge in [0.1, 0.15) is 0 Å². The summed E-state index contributed by atoms with van der Waals surface area (Å²) in [6.07, 6.45) is 0.943. The van der Waals surface area contributed by atoms with E-state index in [9.17, 15) is 5.11 Å². The molecule has 5 heteroatoms. The summed E-state index contributed by atoms with van der Waals surface area (Å²) < 4.78 is 4.96. The van der Waals surface area contributed by atoms with Crippen molar-refractivity contribution >= 4 is 0 Å². The molecule has 2 atom stereocenters. The monoisotopic (exact) mass is 273 g/mol. The second-order valence-electron chi connectivity index (χ2n) is 5.27. The number of nitrogens with one attached hydrogen (secondary N) is 1. The van der Waals surface area contributed by atoms with Gasteiger partial charge in [0.2, 0.25) is 0 Å². The molecule has 1 saturated heterocycles. The van der Waals surface area contributed by atoms with Crippen molar-refractivity contribution in [2.75, 3.05) is 59.5 Å². The van der Waals surface area contributed by atoms with Crippen molar-refractivity contribution in [3.8, 4) is 0 Å². The van der Waals surface area contributed by atoms with Gasteiger partial charge in [-0.2, -0.15) is 0 Å². The van der Waals surface area contributed by atoms with E-state index in [1.54, 1.807) is 7.11 Å². The fraction of sp³-hybridized carbons (Fsp3) is 1.00.